The van der Waals surface area contributed by atoms with Gasteiger partial charge in [-0.2, -0.15) is 0 Å². The monoisotopic (exact) mass is 318 g/mol. The first-order valence-electron chi connectivity index (χ1n) is 6.86. The number of nitrogens with zero attached hydrogens (tertiary/aromatic N) is 1. The third-order valence-electron chi connectivity index (χ3n) is 2.89. The first-order chi connectivity index (χ1) is 10.6. The molecular formula is C15H18N4O2S. The van der Waals surface area contributed by atoms with Crippen molar-refractivity contribution in [2.24, 2.45) is 5.73 Å². The molecule has 0 aliphatic rings. The van der Waals surface area contributed by atoms with Crippen molar-refractivity contribution in [1.29, 1.82) is 0 Å². The Morgan fingerprint density at radius 3 is 2.64 bits per heavy atom. The van der Waals surface area contributed by atoms with Gasteiger partial charge in [-0.05, 0) is 19.1 Å². The van der Waals surface area contributed by atoms with Gasteiger partial charge in [-0.15, -0.1) is 11.3 Å². The fourth-order valence-electron chi connectivity index (χ4n) is 1.70. The molecule has 4 N–H and O–H groups in total. The first kappa shape index (κ1) is 16.1. The van der Waals surface area contributed by atoms with E-state index in [4.69, 9.17) is 5.73 Å². The van der Waals surface area contributed by atoms with E-state index < -0.39 is 6.04 Å². The maximum Gasteiger partial charge on any atom is 0.251 e. The third kappa shape index (κ3) is 4.64. The Kier molecular flexibility index (Phi) is 5.62. The SMILES string of the molecule is C[C@@H](N)C(=O)NCc1csc(CNC(=O)c2ccccc2)n1. The van der Waals surface area contributed by atoms with Crippen molar-refractivity contribution in [3.63, 3.8) is 0 Å². The molecule has 0 saturated carbocycles. The van der Waals surface area contributed by atoms with E-state index in [2.05, 4.69) is 15.6 Å². The van der Waals surface area contributed by atoms with Crippen molar-refractivity contribution >= 4 is 23.2 Å². The van der Waals surface area contributed by atoms with Gasteiger partial charge in [0.15, 0.2) is 0 Å². The lowest BCUT2D eigenvalue weighted by Gasteiger charge is -2.05. The van der Waals surface area contributed by atoms with E-state index in [0.717, 1.165) is 10.7 Å². The van der Waals surface area contributed by atoms with Gasteiger partial charge >= 0.3 is 0 Å². The molecule has 0 fully saturated rings. The van der Waals surface area contributed by atoms with Gasteiger partial charge in [0.25, 0.3) is 5.91 Å². The summed E-state index contributed by atoms with van der Waals surface area (Å²) in [4.78, 5) is 27.6. The van der Waals surface area contributed by atoms with E-state index in [-0.39, 0.29) is 11.8 Å². The minimum absolute atomic E-state index is 0.136. The molecule has 0 bridgehead atoms. The van der Waals surface area contributed by atoms with E-state index in [1.807, 2.05) is 23.6 Å². The van der Waals surface area contributed by atoms with Crippen LogP contribution in [0.25, 0.3) is 0 Å². The minimum Gasteiger partial charge on any atom is -0.349 e. The van der Waals surface area contributed by atoms with Crippen molar-refractivity contribution < 1.29 is 9.59 Å². The maximum absolute atomic E-state index is 11.9. The average Bonchev–Trinajstić information content (AvgIpc) is 2.99. The summed E-state index contributed by atoms with van der Waals surface area (Å²) in [6.45, 7) is 2.32. The second-order valence-electron chi connectivity index (χ2n) is 4.79. The van der Waals surface area contributed by atoms with Crippen molar-refractivity contribution in [3.8, 4) is 0 Å². The summed E-state index contributed by atoms with van der Waals surface area (Å²) in [6.07, 6.45) is 0. The molecule has 2 aromatic rings. The number of aromatic nitrogens is 1. The maximum atomic E-state index is 11.9. The highest BCUT2D eigenvalue weighted by Gasteiger charge is 2.09. The lowest BCUT2D eigenvalue weighted by Crippen LogP contribution is -2.37. The predicted molar refractivity (Wildman–Crippen MR) is 85.2 cm³/mol. The van der Waals surface area contributed by atoms with Crippen LogP contribution in [0.5, 0.6) is 0 Å². The van der Waals surface area contributed by atoms with Gasteiger partial charge in [-0.3, -0.25) is 9.59 Å². The number of thiazole rings is 1. The molecule has 22 heavy (non-hydrogen) atoms. The number of nitrogens with two attached hydrogens (primary N) is 1. The van der Waals surface area contributed by atoms with Crippen LogP contribution >= 0.6 is 11.3 Å². The molecule has 7 heteroatoms. The lowest BCUT2D eigenvalue weighted by molar-refractivity contribution is -0.122. The highest BCUT2D eigenvalue weighted by Crippen LogP contribution is 2.10. The number of hydrogen-bond acceptors (Lipinski definition) is 5. The largest absolute Gasteiger partial charge is 0.349 e. The fraction of sp³-hybridized carbons (Fsp3) is 0.267. The molecule has 1 heterocycles. The first-order valence-corrected chi connectivity index (χ1v) is 7.74. The number of amides is 2. The van der Waals surface area contributed by atoms with Crippen molar-refractivity contribution in [2.45, 2.75) is 26.1 Å². The molecule has 0 spiro atoms. The summed E-state index contributed by atoms with van der Waals surface area (Å²) in [5, 5.41) is 8.15. The van der Waals surface area contributed by atoms with E-state index in [9.17, 15) is 9.59 Å². The minimum atomic E-state index is -0.539. The quantitative estimate of drug-likeness (QED) is 0.741. The molecular weight excluding hydrogens is 300 g/mol. The Hall–Kier alpha value is -2.25. The summed E-state index contributed by atoms with van der Waals surface area (Å²) < 4.78 is 0. The fourth-order valence-corrected chi connectivity index (χ4v) is 2.43. The topological polar surface area (TPSA) is 97.1 Å². The van der Waals surface area contributed by atoms with Gasteiger partial charge < -0.3 is 16.4 Å². The Labute approximate surface area is 132 Å². The molecule has 0 radical (unpaired) electrons. The van der Waals surface area contributed by atoms with Crippen molar-refractivity contribution in [1.82, 2.24) is 15.6 Å². The van der Waals surface area contributed by atoms with Crippen molar-refractivity contribution in [2.75, 3.05) is 0 Å². The Morgan fingerprint density at radius 1 is 1.23 bits per heavy atom. The molecule has 0 aliphatic carbocycles. The van der Waals surface area contributed by atoms with Crippen LogP contribution in [0, 0.1) is 0 Å². The number of rotatable bonds is 6. The molecule has 116 valence electrons. The molecule has 0 aliphatic heterocycles. The molecule has 2 rings (SSSR count). The van der Waals surface area contributed by atoms with Crippen LogP contribution in [-0.4, -0.2) is 22.8 Å². The van der Waals surface area contributed by atoms with Gasteiger partial charge in [0.1, 0.15) is 5.01 Å². The van der Waals surface area contributed by atoms with Crippen LogP contribution in [0.15, 0.2) is 35.7 Å². The van der Waals surface area contributed by atoms with Crippen LogP contribution in [0.1, 0.15) is 28.0 Å². The Bertz CT molecular complexity index is 640. The second kappa shape index (κ2) is 7.67. The van der Waals surface area contributed by atoms with Crippen LogP contribution in [0.4, 0.5) is 0 Å². The zero-order valence-electron chi connectivity index (χ0n) is 12.2. The van der Waals surface area contributed by atoms with Gasteiger partial charge in [0, 0.05) is 10.9 Å². The Balaban J connectivity index is 1.82. The molecule has 6 nitrogen and oxygen atoms in total. The van der Waals surface area contributed by atoms with Gasteiger partial charge in [-0.25, -0.2) is 4.98 Å². The van der Waals surface area contributed by atoms with Gasteiger partial charge in [-0.1, -0.05) is 18.2 Å². The summed E-state index contributed by atoms with van der Waals surface area (Å²) in [7, 11) is 0. The third-order valence-corrected chi connectivity index (χ3v) is 3.79. The second-order valence-corrected chi connectivity index (χ2v) is 5.73. The van der Waals surface area contributed by atoms with E-state index in [0.29, 0.717) is 18.7 Å². The number of carbonyl (C=O) groups is 2. The zero-order valence-corrected chi connectivity index (χ0v) is 13.0. The summed E-state index contributed by atoms with van der Waals surface area (Å²) in [5.74, 6) is -0.352. The lowest BCUT2D eigenvalue weighted by atomic mass is 10.2. The van der Waals surface area contributed by atoms with E-state index in [1.54, 1.807) is 19.1 Å². The molecule has 1 aromatic carbocycles. The molecule has 0 saturated heterocycles. The number of carbonyl (C=O) groups excluding carboxylic acids is 2. The molecule has 2 amide bonds. The highest BCUT2D eigenvalue weighted by molar-refractivity contribution is 7.09. The molecule has 1 aromatic heterocycles. The van der Waals surface area contributed by atoms with Crippen LogP contribution < -0.4 is 16.4 Å². The summed E-state index contributed by atoms with van der Waals surface area (Å²) in [6, 6.07) is 8.47. The Morgan fingerprint density at radius 2 is 1.95 bits per heavy atom. The molecule has 1 atom stereocenters. The van der Waals surface area contributed by atoms with Gasteiger partial charge in [0.2, 0.25) is 5.91 Å². The summed E-state index contributed by atoms with van der Waals surface area (Å²) in [5.41, 5.74) is 6.83. The normalized spacial score (nSPS) is 11.7. The van der Waals surface area contributed by atoms with Gasteiger partial charge in [0.05, 0.1) is 24.8 Å². The zero-order chi connectivity index (χ0) is 15.9. The smallest absolute Gasteiger partial charge is 0.251 e. The van der Waals surface area contributed by atoms with E-state index >= 15 is 0 Å². The number of hydrogen-bond donors (Lipinski definition) is 3. The number of nitrogens with one attached hydrogen (secondary N) is 2. The number of benzene rings is 1. The van der Waals surface area contributed by atoms with Crippen molar-refractivity contribution in [3.05, 3.63) is 52.0 Å². The standard InChI is InChI=1S/C15H18N4O2S/c1-10(16)14(20)17-7-12-9-22-13(19-12)8-18-15(21)11-5-3-2-4-6-11/h2-6,9-10H,7-8,16H2,1H3,(H,17,20)(H,18,21)/t10-/m1/s1. The van der Waals surface area contributed by atoms with Crippen LogP contribution in [0.2, 0.25) is 0 Å². The van der Waals surface area contributed by atoms with Crippen LogP contribution in [0.3, 0.4) is 0 Å². The van der Waals surface area contributed by atoms with Crippen LogP contribution in [-0.2, 0) is 17.9 Å². The highest BCUT2D eigenvalue weighted by atomic mass is 32.1. The molecule has 0 unspecified atom stereocenters. The van der Waals surface area contributed by atoms with E-state index in [1.165, 1.54) is 11.3 Å². The predicted octanol–water partition coefficient (Wildman–Crippen LogP) is 1.04. The summed E-state index contributed by atoms with van der Waals surface area (Å²) >= 11 is 1.44. The average molecular weight is 318 g/mol.